The molecule has 0 bridgehead atoms. The number of rotatable bonds is 0. The van der Waals surface area contributed by atoms with Crippen molar-refractivity contribution in [3.63, 3.8) is 0 Å². The van der Waals surface area contributed by atoms with E-state index in [2.05, 4.69) is 4.98 Å². The zero-order valence-corrected chi connectivity index (χ0v) is 8.57. The molecule has 0 unspecified atom stereocenters. The van der Waals surface area contributed by atoms with Crippen LogP contribution >= 0.6 is 0 Å². The number of nitrogens with zero attached hydrogens (tertiary/aromatic N) is 4. The van der Waals surface area contributed by atoms with Crippen LogP contribution in [-0.4, -0.2) is 9.55 Å². The minimum Gasteiger partial charge on any atom is -1.00 e. The van der Waals surface area contributed by atoms with Gasteiger partial charge < -0.3 is 1.43 Å². The van der Waals surface area contributed by atoms with Gasteiger partial charge >= 0.3 is 51.4 Å². The Hall–Kier alpha value is -0.174. The Morgan fingerprint density at radius 1 is 1.60 bits per heavy atom. The van der Waals surface area contributed by atoms with E-state index in [9.17, 15) is 0 Å². The van der Waals surface area contributed by atoms with Gasteiger partial charge in [0.1, 0.15) is 6.07 Å². The van der Waals surface area contributed by atoms with Crippen molar-refractivity contribution >= 4 is 0 Å². The van der Waals surface area contributed by atoms with Gasteiger partial charge in [-0.25, -0.2) is 9.55 Å². The molecule has 4 nitrogen and oxygen atoms in total. The Kier molecular flexibility index (Phi) is 4.53. The van der Waals surface area contributed by atoms with E-state index in [0.29, 0.717) is 0 Å². The molecule has 1 heterocycles. The van der Waals surface area contributed by atoms with Crippen LogP contribution in [0, 0.1) is 22.8 Å². The van der Waals surface area contributed by atoms with E-state index < -0.39 is 0 Å². The summed E-state index contributed by atoms with van der Waals surface area (Å²) in [5.41, 5.74) is 0. The Labute approximate surface area is 102 Å². The van der Waals surface area contributed by atoms with Crippen molar-refractivity contribution in [1.82, 2.24) is 9.55 Å². The third-order valence-corrected chi connectivity index (χ3v) is 0.848. The fraction of sp³-hybridized carbons (Fsp3) is 0. The minimum atomic E-state index is 0. The van der Waals surface area contributed by atoms with Crippen molar-refractivity contribution in [1.29, 1.82) is 10.5 Å². The molecule has 10 heavy (non-hydrogen) atoms. The molecule has 1 aromatic heterocycles. The largest absolute Gasteiger partial charge is 1.00 e. The Morgan fingerprint density at radius 3 is 2.70 bits per heavy atom. The molecule has 0 spiro atoms. The minimum absolute atomic E-state index is 0. The van der Waals surface area contributed by atoms with E-state index in [4.69, 9.17) is 10.5 Å². The first-order valence-electron chi connectivity index (χ1n) is 2.22. The summed E-state index contributed by atoms with van der Waals surface area (Å²) in [6.45, 7) is 0. The summed E-state index contributed by atoms with van der Waals surface area (Å²) in [6.07, 6.45) is 4.59. The molecule has 0 atom stereocenters. The van der Waals surface area contributed by atoms with Crippen LogP contribution in [0.25, 0.3) is 0 Å². The van der Waals surface area contributed by atoms with Crippen LogP contribution in [0.3, 0.4) is 0 Å². The van der Waals surface area contributed by atoms with Crippen molar-refractivity contribution < 1.29 is 52.8 Å². The second-order valence-corrected chi connectivity index (χ2v) is 1.33. The van der Waals surface area contributed by atoms with Gasteiger partial charge in [0.25, 0.3) is 0 Å². The van der Waals surface area contributed by atoms with Gasteiger partial charge in [0, 0.05) is 12.4 Å². The summed E-state index contributed by atoms with van der Waals surface area (Å²) in [5, 5.41) is 16.5. The van der Waals surface area contributed by atoms with Crippen LogP contribution in [0.1, 0.15) is 7.25 Å². The molecular formula is C5H3KN4. The molecule has 0 fully saturated rings. The van der Waals surface area contributed by atoms with Gasteiger partial charge in [-0.15, -0.1) is 0 Å². The standard InChI is InChI=1S/C5H2N4.K.H/c6-3-5-8-1-2-9(5)4-7;;/h1-2H;;/q;+1;-1. The molecule has 0 N–H and O–H groups in total. The van der Waals surface area contributed by atoms with Crippen LogP contribution in [0.4, 0.5) is 0 Å². The molecule has 1 aromatic rings. The summed E-state index contributed by atoms with van der Waals surface area (Å²) in [4.78, 5) is 3.58. The van der Waals surface area contributed by atoms with Crippen molar-refractivity contribution in [2.24, 2.45) is 0 Å². The molecule has 0 radical (unpaired) electrons. The van der Waals surface area contributed by atoms with E-state index in [1.165, 1.54) is 12.4 Å². The fourth-order valence-corrected chi connectivity index (χ4v) is 0.467. The second kappa shape index (κ2) is 4.61. The molecule has 0 amide bonds. The topological polar surface area (TPSA) is 65.4 Å². The molecule has 0 aromatic carbocycles. The number of hydrogen-bond acceptors (Lipinski definition) is 3. The first-order valence-corrected chi connectivity index (χ1v) is 2.22. The number of hydrogen-bond donors (Lipinski definition) is 0. The van der Waals surface area contributed by atoms with E-state index in [-0.39, 0.29) is 58.6 Å². The van der Waals surface area contributed by atoms with Crippen molar-refractivity contribution in [3.05, 3.63) is 18.2 Å². The van der Waals surface area contributed by atoms with Gasteiger partial charge in [-0.3, -0.25) is 0 Å². The maximum Gasteiger partial charge on any atom is 1.00 e. The summed E-state index contributed by atoms with van der Waals surface area (Å²) in [5.74, 6) is 0.123. The van der Waals surface area contributed by atoms with Crippen molar-refractivity contribution in [2.75, 3.05) is 0 Å². The first-order chi connectivity index (χ1) is 4.38. The molecule has 0 saturated carbocycles. The van der Waals surface area contributed by atoms with Gasteiger partial charge in [0.2, 0.25) is 5.82 Å². The van der Waals surface area contributed by atoms with Gasteiger partial charge in [-0.1, -0.05) is 0 Å². The number of aromatic nitrogens is 2. The maximum absolute atomic E-state index is 8.26. The predicted molar refractivity (Wildman–Crippen MR) is 29.1 cm³/mol. The van der Waals surface area contributed by atoms with Crippen LogP contribution in [0.2, 0.25) is 0 Å². The summed E-state index contributed by atoms with van der Waals surface area (Å²) in [7, 11) is 0. The van der Waals surface area contributed by atoms with Crippen LogP contribution < -0.4 is 51.4 Å². The van der Waals surface area contributed by atoms with Gasteiger partial charge in [0.05, 0.1) is 0 Å². The zero-order valence-electron chi connectivity index (χ0n) is 6.44. The quantitative estimate of drug-likeness (QED) is 0.383. The molecular weight excluding hydrogens is 155 g/mol. The summed E-state index contributed by atoms with van der Waals surface area (Å²) < 4.78 is 1.10. The average Bonchev–Trinajstić information content (AvgIpc) is 2.33. The first kappa shape index (κ1) is 9.83. The third-order valence-electron chi connectivity index (χ3n) is 0.848. The zero-order chi connectivity index (χ0) is 6.69. The molecule has 0 aliphatic carbocycles. The Bertz CT molecular complexity index is 266. The molecule has 44 valence electrons. The monoisotopic (exact) mass is 158 g/mol. The molecule has 0 aliphatic rings. The average molecular weight is 158 g/mol. The summed E-state index contributed by atoms with van der Waals surface area (Å²) in [6, 6.07) is 1.76. The van der Waals surface area contributed by atoms with Crippen LogP contribution in [0.15, 0.2) is 12.4 Å². The number of nitriles is 2. The number of imidazole rings is 1. The molecule has 1 rings (SSSR count). The predicted octanol–water partition coefficient (Wildman–Crippen LogP) is -2.80. The van der Waals surface area contributed by atoms with E-state index >= 15 is 0 Å². The van der Waals surface area contributed by atoms with Gasteiger partial charge in [-0.2, -0.15) is 10.5 Å². The van der Waals surface area contributed by atoms with Crippen molar-refractivity contribution in [3.8, 4) is 12.3 Å². The maximum atomic E-state index is 8.26. The van der Waals surface area contributed by atoms with E-state index in [1.807, 2.05) is 0 Å². The van der Waals surface area contributed by atoms with E-state index in [1.54, 1.807) is 12.3 Å². The molecule has 0 aliphatic heterocycles. The molecule has 5 heteroatoms. The smallest absolute Gasteiger partial charge is 1.00 e. The third kappa shape index (κ3) is 1.91. The molecule has 0 saturated heterocycles. The SMILES string of the molecule is N#Cc1nccn1C#N.[H-].[K+]. The Morgan fingerprint density at radius 2 is 2.30 bits per heavy atom. The second-order valence-electron chi connectivity index (χ2n) is 1.33. The van der Waals surface area contributed by atoms with Gasteiger partial charge in [0.15, 0.2) is 6.19 Å². The van der Waals surface area contributed by atoms with E-state index in [0.717, 1.165) is 4.57 Å². The van der Waals surface area contributed by atoms with Crippen molar-refractivity contribution in [2.45, 2.75) is 0 Å². The Balaban J connectivity index is 0. The normalized spacial score (nSPS) is 7.00. The summed E-state index contributed by atoms with van der Waals surface area (Å²) >= 11 is 0. The van der Waals surface area contributed by atoms with Gasteiger partial charge in [-0.05, 0) is 0 Å². The van der Waals surface area contributed by atoms with Crippen LogP contribution in [0.5, 0.6) is 0 Å². The fourth-order valence-electron chi connectivity index (χ4n) is 0.467. The van der Waals surface area contributed by atoms with Crippen LogP contribution in [-0.2, 0) is 0 Å².